The van der Waals surface area contributed by atoms with Gasteiger partial charge in [0.15, 0.2) is 0 Å². The van der Waals surface area contributed by atoms with Gasteiger partial charge in [-0.3, -0.25) is 4.79 Å². The average molecular weight is 333 g/mol. The van der Waals surface area contributed by atoms with Crippen molar-refractivity contribution in [2.45, 2.75) is 32.7 Å². The summed E-state index contributed by atoms with van der Waals surface area (Å²) in [5, 5.41) is 2.96. The molecule has 24 heavy (non-hydrogen) atoms. The van der Waals surface area contributed by atoms with E-state index in [1.807, 2.05) is 49.9 Å². The first kappa shape index (κ1) is 18.1. The van der Waals surface area contributed by atoms with Crippen LogP contribution in [0.4, 0.5) is 4.79 Å². The van der Waals surface area contributed by atoms with E-state index in [1.54, 1.807) is 12.0 Å². The number of benzene rings is 1. The van der Waals surface area contributed by atoms with Gasteiger partial charge in [0.25, 0.3) is 0 Å². The molecule has 3 amide bonds. The Bertz CT molecular complexity index is 587. The standard InChI is InChI=1S/C18H27N3O3/c1-18(2,3)19-17(23)21-10-8-20(9-11-21)16(22)13-14-6-5-7-15(12-14)24-4/h5-7,12H,8-11,13H2,1-4H3,(H,19,23). The Labute approximate surface area is 143 Å². The molecule has 0 bridgehead atoms. The van der Waals surface area contributed by atoms with Crippen molar-refractivity contribution >= 4 is 11.9 Å². The molecule has 1 saturated heterocycles. The van der Waals surface area contributed by atoms with Crippen molar-refractivity contribution in [1.29, 1.82) is 0 Å². The van der Waals surface area contributed by atoms with E-state index in [0.29, 0.717) is 32.6 Å². The molecule has 2 rings (SSSR count). The molecule has 0 aromatic heterocycles. The van der Waals surface area contributed by atoms with E-state index >= 15 is 0 Å². The predicted molar refractivity (Wildman–Crippen MR) is 93.1 cm³/mol. The minimum atomic E-state index is -0.254. The normalized spacial score (nSPS) is 15.2. The van der Waals surface area contributed by atoms with Crippen molar-refractivity contribution < 1.29 is 14.3 Å². The lowest BCUT2D eigenvalue weighted by Crippen LogP contribution is -2.56. The van der Waals surface area contributed by atoms with E-state index < -0.39 is 0 Å². The third kappa shape index (κ3) is 5.15. The Hall–Kier alpha value is -2.24. The van der Waals surface area contributed by atoms with E-state index in [9.17, 15) is 9.59 Å². The van der Waals surface area contributed by atoms with Gasteiger partial charge in [0.05, 0.1) is 13.5 Å². The third-order valence-electron chi connectivity index (χ3n) is 3.89. The maximum absolute atomic E-state index is 12.4. The Morgan fingerprint density at radius 2 is 1.75 bits per heavy atom. The number of methoxy groups -OCH3 is 1. The SMILES string of the molecule is COc1cccc(CC(=O)N2CCN(C(=O)NC(C)(C)C)CC2)c1. The minimum Gasteiger partial charge on any atom is -0.497 e. The van der Waals surface area contributed by atoms with E-state index in [1.165, 1.54) is 0 Å². The summed E-state index contributed by atoms with van der Waals surface area (Å²) >= 11 is 0. The number of amides is 3. The van der Waals surface area contributed by atoms with Crippen LogP contribution in [-0.4, -0.2) is 60.6 Å². The summed E-state index contributed by atoms with van der Waals surface area (Å²) in [5.41, 5.74) is 0.684. The van der Waals surface area contributed by atoms with Crippen molar-refractivity contribution in [3.05, 3.63) is 29.8 Å². The minimum absolute atomic E-state index is 0.0672. The second-order valence-corrected chi connectivity index (χ2v) is 7.08. The Kier molecular flexibility index (Phi) is 5.70. The Morgan fingerprint density at radius 3 is 2.33 bits per heavy atom. The number of ether oxygens (including phenoxy) is 1. The number of carbonyl (C=O) groups excluding carboxylic acids is 2. The lowest BCUT2D eigenvalue weighted by Gasteiger charge is -2.36. The number of nitrogens with zero attached hydrogens (tertiary/aromatic N) is 2. The average Bonchev–Trinajstić information content (AvgIpc) is 2.53. The van der Waals surface area contributed by atoms with Crippen molar-refractivity contribution in [2.24, 2.45) is 0 Å². The summed E-state index contributed by atoms with van der Waals surface area (Å²) in [4.78, 5) is 28.2. The molecule has 1 aliphatic heterocycles. The van der Waals surface area contributed by atoms with Crippen LogP contribution in [0.1, 0.15) is 26.3 Å². The summed E-state index contributed by atoms with van der Waals surface area (Å²) in [6.07, 6.45) is 0.353. The van der Waals surface area contributed by atoms with Gasteiger partial charge >= 0.3 is 6.03 Å². The van der Waals surface area contributed by atoms with Crippen LogP contribution in [0.25, 0.3) is 0 Å². The topological polar surface area (TPSA) is 61.9 Å². The van der Waals surface area contributed by atoms with Gasteiger partial charge in [-0.05, 0) is 38.5 Å². The van der Waals surface area contributed by atoms with Gasteiger partial charge in [-0.25, -0.2) is 4.79 Å². The largest absolute Gasteiger partial charge is 0.497 e. The smallest absolute Gasteiger partial charge is 0.317 e. The van der Waals surface area contributed by atoms with E-state index in [-0.39, 0.29) is 17.5 Å². The van der Waals surface area contributed by atoms with Crippen LogP contribution in [0.15, 0.2) is 24.3 Å². The molecule has 0 aliphatic carbocycles. The number of piperazine rings is 1. The van der Waals surface area contributed by atoms with Crippen LogP contribution in [0, 0.1) is 0 Å². The lowest BCUT2D eigenvalue weighted by molar-refractivity contribution is -0.131. The zero-order valence-corrected chi connectivity index (χ0v) is 15.0. The second-order valence-electron chi connectivity index (χ2n) is 7.08. The molecule has 0 atom stereocenters. The van der Waals surface area contributed by atoms with Crippen LogP contribution in [-0.2, 0) is 11.2 Å². The number of carbonyl (C=O) groups is 2. The molecule has 1 aromatic rings. The van der Waals surface area contributed by atoms with E-state index in [2.05, 4.69) is 5.32 Å². The first-order chi connectivity index (χ1) is 11.3. The zero-order chi connectivity index (χ0) is 17.7. The molecule has 6 nitrogen and oxygen atoms in total. The third-order valence-corrected chi connectivity index (χ3v) is 3.89. The van der Waals surface area contributed by atoms with Gasteiger partial charge in [0.1, 0.15) is 5.75 Å². The zero-order valence-electron chi connectivity index (χ0n) is 15.0. The van der Waals surface area contributed by atoms with Crippen molar-refractivity contribution in [1.82, 2.24) is 15.1 Å². The lowest BCUT2D eigenvalue weighted by atomic mass is 10.1. The maximum Gasteiger partial charge on any atom is 0.317 e. The quantitative estimate of drug-likeness (QED) is 0.919. The van der Waals surface area contributed by atoms with Crippen LogP contribution in [0.5, 0.6) is 5.75 Å². The summed E-state index contributed by atoms with van der Waals surface area (Å²) in [5.74, 6) is 0.836. The molecule has 1 aliphatic rings. The highest BCUT2D eigenvalue weighted by Gasteiger charge is 2.26. The summed E-state index contributed by atoms with van der Waals surface area (Å²) < 4.78 is 5.19. The van der Waals surface area contributed by atoms with Crippen LogP contribution < -0.4 is 10.1 Å². The highest BCUT2D eigenvalue weighted by Crippen LogP contribution is 2.14. The molecular weight excluding hydrogens is 306 g/mol. The van der Waals surface area contributed by atoms with Gasteiger partial charge in [0.2, 0.25) is 5.91 Å². The highest BCUT2D eigenvalue weighted by atomic mass is 16.5. The molecule has 0 unspecified atom stereocenters. The first-order valence-corrected chi connectivity index (χ1v) is 8.26. The van der Waals surface area contributed by atoms with E-state index in [0.717, 1.165) is 11.3 Å². The number of nitrogens with one attached hydrogen (secondary N) is 1. The van der Waals surface area contributed by atoms with Crippen LogP contribution in [0.2, 0.25) is 0 Å². The number of urea groups is 1. The van der Waals surface area contributed by atoms with Crippen molar-refractivity contribution in [2.75, 3.05) is 33.3 Å². The number of hydrogen-bond donors (Lipinski definition) is 1. The number of rotatable bonds is 3. The van der Waals surface area contributed by atoms with Crippen LogP contribution in [0.3, 0.4) is 0 Å². The summed E-state index contributed by atoms with van der Waals surface area (Å²) in [6.45, 7) is 8.13. The van der Waals surface area contributed by atoms with E-state index in [4.69, 9.17) is 4.74 Å². The van der Waals surface area contributed by atoms with Gasteiger partial charge in [-0.15, -0.1) is 0 Å². The molecule has 6 heteroatoms. The van der Waals surface area contributed by atoms with Crippen molar-refractivity contribution in [3.8, 4) is 5.75 Å². The molecule has 1 fully saturated rings. The fraction of sp³-hybridized carbons (Fsp3) is 0.556. The predicted octanol–water partition coefficient (Wildman–Crippen LogP) is 1.89. The summed E-state index contributed by atoms with van der Waals surface area (Å²) in [7, 11) is 1.61. The van der Waals surface area contributed by atoms with Crippen molar-refractivity contribution in [3.63, 3.8) is 0 Å². The fourth-order valence-corrected chi connectivity index (χ4v) is 2.63. The Balaban J connectivity index is 1.85. The molecule has 1 heterocycles. The van der Waals surface area contributed by atoms with Gasteiger partial charge < -0.3 is 19.9 Å². The fourth-order valence-electron chi connectivity index (χ4n) is 2.63. The monoisotopic (exact) mass is 333 g/mol. The van der Waals surface area contributed by atoms with Gasteiger partial charge in [-0.2, -0.15) is 0 Å². The molecule has 0 radical (unpaired) electrons. The summed E-state index contributed by atoms with van der Waals surface area (Å²) in [6, 6.07) is 7.48. The van der Waals surface area contributed by atoms with Crippen LogP contribution >= 0.6 is 0 Å². The van der Waals surface area contributed by atoms with Gasteiger partial charge in [0, 0.05) is 31.7 Å². The molecule has 0 saturated carbocycles. The maximum atomic E-state index is 12.4. The molecule has 0 spiro atoms. The first-order valence-electron chi connectivity index (χ1n) is 8.26. The molecule has 1 N–H and O–H groups in total. The van der Waals surface area contributed by atoms with Gasteiger partial charge in [-0.1, -0.05) is 12.1 Å². The second kappa shape index (κ2) is 7.55. The molecule has 132 valence electrons. The highest BCUT2D eigenvalue weighted by molar-refractivity contribution is 5.80. The Morgan fingerprint density at radius 1 is 1.12 bits per heavy atom. The number of hydrogen-bond acceptors (Lipinski definition) is 3. The molecule has 1 aromatic carbocycles. The molecular formula is C18H27N3O3.